The van der Waals surface area contributed by atoms with E-state index < -0.39 is 5.97 Å². The van der Waals surface area contributed by atoms with Crippen LogP contribution in [0.5, 0.6) is 0 Å². The smallest absolute Gasteiger partial charge is 0.537 e. The van der Waals surface area contributed by atoms with Crippen LogP contribution in [0.1, 0.15) is 26.7 Å². The van der Waals surface area contributed by atoms with Gasteiger partial charge in [-0.3, -0.25) is 0 Å². The zero-order valence-corrected chi connectivity index (χ0v) is 8.73. The van der Waals surface area contributed by atoms with E-state index in [9.17, 15) is 4.79 Å². The van der Waals surface area contributed by atoms with Gasteiger partial charge in [0.1, 0.15) is 0 Å². The lowest BCUT2D eigenvalue weighted by Gasteiger charge is -2.36. The van der Waals surface area contributed by atoms with Gasteiger partial charge < -0.3 is 15.5 Å². The van der Waals surface area contributed by atoms with Crippen molar-refractivity contribution < 1.29 is 9.90 Å². The third-order valence-electron chi connectivity index (χ3n) is 2.21. The van der Waals surface area contributed by atoms with Crippen molar-refractivity contribution >= 4 is 5.97 Å². The van der Waals surface area contributed by atoms with E-state index in [4.69, 9.17) is 5.11 Å². The second kappa shape index (κ2) is 5.00. The zero-order valence-electron chi connectivity index (χ0n) is 8.73. The molecule has 0 aromatic carbocycles. The van der Waals surface area contributed by atoms with Crippen LogP contribution in [-0.4, -0.2) is 28.7 Å². The summed E-state index contributed by atoms with van der Waals surface area (Å²) in [5.74, 6) is 0.0683. The van der Waals surface area contributed by atoms with Crippen LogP contribution in [0.4, 0.5) is 0 Å². The van der Waals surface area contributed by atoms with Crippen molar-refractivity contribution in [2.45, 2.75) is 32.7 Å². The second-order valence-electron chi connectivity index (χ2n) is 3.93. The molecule has 0 saturated carbocycles. The molecule has 0 spiro atoms. The molecule has 1 atom stereocenters. The van der Waals surface area contributed by atoms with Crippen LogP contribution in [0.2, 0.25) is 0 Å². The fraction of sp³-hybridized carbons (Fsp3) is 0.700. The average Bonchev–Trinajstić information content (AvgIpc) is 2.51. The summed E-state index contributed by atoms with van der Waals surface area (Å²) in [6.07, 6.45) is 5.31. The molecular formula is C10H18N2O2. The molecule has 4 heteroatoms. The van der Waals surface area contributed by atoms with Crippen LogP contribution < -0.4 is 0 Å². The van der Waals surface area contributed by atoms with Gasteiger partial charge in [-0.05, 0) is 12.1 Å². The number of carbonyl (C=O) groups excluding carboxylic acids is 1. The Morgan fingerprint density at radius 2 is 2.43 bits per heavy atom. The molecule has 0 radical (unpaired) electrons. The number of carbonyl (C=O) groups is 1. The molecular weight excluding hydrogens is 180 g/mol. The van der Waals surface area contributed by atoms with E-state index in [1.807, 2.05) is 6.08 Å². The van der Waals surface area contributed by atoms with E-state index in [1.54, 1.807) is 11.2 Å². The van der Waals surface area contributed by atoms with Crippen molar-refractivity contribution in [2.24, 2.45) is 5.92 Å². The fourth-order valence-corrected chi connectivity index (χ4v) is 1.31. The highest BCUT2D eigenvalue weighted by molar-refractivity contribution is 5.74. The van der Waals surface area contributed by atoms with Crippen LogP contribution in [0.15, 0.2) is 12.3 Å². The lowest BCUT2D eigenvalue weighted by molar-refractivity contribution is -0.141. The van der Waals surface area contributed by atoms with Crippen molar-refractivity contribution in [1.82, 2.24) is 5.01 Å². The van der Waals surface area contributed by atoms with E-state index in [2.05, 4.69) is 19.3 Å². The standard InChI is InChI=1S/C10H17N2O2/c1-8(2)5-6-11-12-7-3-4-9(12)10(13)14/h3,7-9H,4-6H2,1-2H3,(H,13,14)/q-1/p+1. The van der Waals surface area contributed by atoms with Gasteiger partial charge in [-0.15, -0.1) is 6.54 Å². The molecule has 0 saturated heterocycles. The lowest BCUT2D eigenvalue weighted by Crippen LogP contribution is -2.31. The highest BCUT2D eigenvalue weighted by Gasteiger charge is 2.27. The third-order valence-corrected chi connectivity index (χ3v) is 2.21. The van der Waals surface area contributed by atoms with Gasteiger partial charge in [0, 0.05) is 11.2 Å². The van der Waals surface area contributed by atoms with Crippen LogP contribution >= 0.6 is 0 Å². The van der Waals surface area contributed by atoms with E-state index in [-0.39, 0.29) is 6.04 Å². The van der Waals surface area contributed by atoms with Crippen molar-refractivity contribution in [3.05, 3.63) is 17.7 Å². The Balaban J connectivity index is 2.29. The van der Waals surface area contributed by atoms with E-state index in [1.165, 1.54) is 0 Å². The van der Waals surface area contributed by atoms with E-state index in [0.29, 0.717) is 12.3 Å². The molecule has 0 bridgehead atoms. The average molecular weight is 198 g/mol. The Bertz CT molecular complexity index is 226. The topological polar surface area (TPSA) is 57.3 Å². The maximum absolute atomic E-state index is 10.9. The molecule has 0 aromatic rings. The zero-order chi connectivity index (χ0) is 10.6. The van der Waals surface area contributed by atoms with Gasteiger partial charge in [0.15, 0.2) is 6.04 Å². The molecule has 80 valence electrons. The molecule has 1 aliphatic heterocycles. The van der Waals surface area contributed by atoms with E-state index >= 15 is 0 Å². The quantitative estimate of drug-likeness (QED) is 0.622. The normalized spacial score (nSPS) is 20.8. The van der Waals surface area contributed by atoms with Gasteiger partial charge >= 0.3 is 5.97 Å². The van der Waals surface area contributed by atoms with Crippen molar-refractivity contribution in [2.75, 3.05) is 6.54 Å². The Morgan fingerprint density at radius 3 is 3.00 bits per heavy atom. The minimum absolute atomic E-state index is 0.373. The molecule has 0 aromatic heterocycles. The second-order valence-corrected chi connectivity index (χ2v) is 3.93. The fourth-order valence-electron chi connectivity index (χ4n) is 1.31. The predicted octanol–water partition coefficient (Wildman–Crippen LogP) is 1.16. The highest BCUT2D eigenvalue weighted by atomic mass is 16.4. The largest absolute Gasteiger partial charge is 0.568 e. The molecule has 14 heavy (non-hydrogen) atoms. The summed E-state index contributed by atoms with van der Waals surface area (Å²) in [5.41, 5.74) is 4.27. The summed E-state index contributed by atoms with van der Waals surface area (Å²) < 4.78 is 0. The predicted molar refractivity (Wildman–Crippen MR) is 55.7 cm³/mol. The van der Waals surface area contributed by atoms with Crippen LogP contribution in [0, 0.1) is 5.92 Å². The highest BCUT2D eigenvalue weighted by Crippen LogP contribution is 2.19. The van der Waals surface area contributed by atoms with Crippen molar-refractivity contribution in [3.63, 3.8) is 0 Å². The van der Waals surface area contributed by atoms with Gasteiger partial charge in [-0.25, -0.2) is 0 Å². The monoisotopic (exact) mass is 198 g/mol. The summed E-state index contributed by atoms with van der Waals surface area (Å²) in [4.78, 5) is 10.9. The Labute approximate surface area is 84.6 Å². The number of hydrogen-bond acceptors (Lipinski definition) is 2. The number of nitrogens with zero attached hydrogens (tertiary/aromatic N) is 2. The molecule has 4 nitrogen and oxygen atoms in total. The minimum atomic E-state index is -0.553. The van der Waals surface area contributed by atoms with Crippen LogP contribution in [0.3, 0.4) is 0 Å². The summed E-state index contributed by atoms with van der Waals surface area (Å²) in [7, 11) is 0. The summed E-state index contributed by atoms with van der Waals surface area (Å²) in [5, 5.41) is 8.67. The van der Waals surface area contributed by atoms with Crippen molar-refractivity contribution in [1.29, 1.82) is 0 Å². The molecule has 1 heterocycles. The van der Waals surface area contributed by atoms with Gasteiger partial charge in [0.05, 0.1) is 0 Å². The molecule has 1 unspecified atom stereocenters. The van der Waals surface area contributed by atoms with Crippen molar-refractivity contribution in [3.8, 4) is 0 Å². The first-order valence-electron chi connectivity index (χ1n) is 4.99. The Morgan fingerprint density at radius 1 is 1.71 bits per heavy atom. The maximum atomic E-state index is 10.9. The molecule has 0 fully saturated rings. The van der Waals surface area contributed by atoms with Crippen LogP contribution in [0.25, 0.3) is 5.43 Å². The summed E-state index contributed by atoms with van der Waals surface area (Å²) in [6.45, 7) is 5.01. The Kier molecular flexibility index (Phi) is 3.95. The van der Waals surface area contributed by atoms with Gasteiger partial charge in [0.2, 0.25) is 0 Å². The molecule has 2 N–H and O–H groups in total. The SMILES string of the molecule is CC(C)CC[N-]N1C=CCC1C(=O)[OH2+]. The number of rotatable bonds is 5. The first-order valence-corrected chi connectivity index (χ1v) is 4.99. The minimum Gasteiger partial charge on any atom is -0.568 e. The Hall–Kier alpha value is -1.03. The van der Waals surface area contributed by atoms with E-state index in [0.717, 1.165) is 13.0 Å². The first kappa shape index (κ1) is 11.0. The lowest BCUT2D eigenvalue weighted by atomic mass is 10.1. The molecule has 1 aliphatic rings. The summed E-state index contributed by atoms with van der Waals surface area (Å²) in [6, 6.07) is -0.373. The first-order chi connectivity index (χ1) is 6.61. The van der Waals surface area contributed by atoms with Gasteiger partial charge in [0.25, 0.3) is 0 Å². The molecule has 1 rings (SSSR count). The van der Waals surface area contributed by atoms with Gasteiger partial charge in [-0.1, -0.05) is 26.3 Å². The molecule has 0 aliphatic carbocycles. The number of hydrogen-bond donors (Lipinski definition) is 0. The van der Waals surface area contributed by atoms with Gasteiger partial charge in [-0.2, -0.15) is 0 Å². The molecule has 0 amide bonds. The van der Waals surface area contributed by atoms with Crippen LogP contribution in [-0.2, 0) is 4.79 Å². The maximum Gasteiger partial charge on any atom is 0.537 e. The summed E-state index contributed by atoms with van der Waals surface area (Å²) >= 11 is 0. The third kappa shape index (κ3) is 3.03.